The third-order valence-electron chi connectivity index (χ3n) is 4.36. The molecule has 0 spiro atoms. The number of halogens is 2. The molecular formula is C18H39Cl2P2Ti. The Morgan fingerprint density at radius 1 is 1.00 bits per heavy atom. The van der Waals surface area contributed by atoms with Crippen LogP contribution in [-0.2, 0) is 19.9 Å². The molecular weight excluding hydrogens is 397 g/mol. The van der Waals surface area contributed by atoms with Gasteiger partial charge in [0.2, 0.25) is 0 Å². The molecule has 1 fully saturated rings. The molecule has 3 atom stereocenters. The van der Waals surface area contributed by atoms with Crippen molar-refractivity contribution >= 4 is 15.2 Å². The van der Waals surface area contributed by atoms with Crippen molar-refractivity contribution in [1.82, 2.24) is 0 Å². The van der Waals surface area contributed by atoms with Gasteiger partial charge in [-0.25, -0.2) is 0 Å². The van der Waals surface area contributed by atoms with Crippen molar-refractivity contribution in [1.29, 1.82) is 0 Å². The third-order valence-corrected chi connectivity index (χ3v) is 9.27. The molecule has 0 aliphatic heterocycles. The number of hydrogen-bond donors (Lipinski definition) is 0. The Bertz CT molecular complexity index is 240. The van der Waals surface area contributed by atoms with Crippen LogP contribution in [0.2, 0.25) is 0 Å². The summed E-state index contributed by atoms with van der Waals surface area (Å²) in [6, 6.07) is 0. The van der Waals surface area contributed by atoms with Gasteiger partial charge < -0.3 is 24.8 Å². The van der Waals surface area contributed by atoms with E-state index in [1.807, 2.05) is 0 Å². The summed E-state index contributed by atoms with van der Waals surface area (Å²) in [5.41, 5.74) is 3.64. The van der Waals surface area contributed by atoms with E-state index in [9.17, 15) is 0 Å². The van der Waals surface area contributed by atoms with Crippen LogP contribution in [0.4, 0.5) is 0 Å². The van der Waals surface area contributed by atoms with E-state index in [1.54, 1.807) is 6.42 Å². The molecule has 0 aromatic heterocycles. The first-order valence-electron chi connectivity index (χ1n) is 9.07. The van der Waals surface area contributed by atoms with Crippen LogP contribution < -0.4 is 24.8 Å². The van der Waals surface area contributed by atoms with Gasteiger partial charge in [0, 0.05) is 0 Å². The van der Waals surface area contributed by atoms with E-state index in [0.717, 1.165) is 29.0 Å². The topological polar surface area (TPSA) is 0 Å². The van der Waals surface area contributed by atoms with Crippen LogP contribution in [0, 0.1) is 5.41 Å². The van der Waals surface area contributed by atoms with Crippen LogP contribution in [0.3, 0.4) is 0 Å². The summed E-state index contributed by atoms with van der Waals surface area (Å²) in [5.74, 6) is 0. The minimum Gasteiger partial charge on any atom is -1.00 e. The van der Waals surface area contributed by atoms with Gasteiger partial charge in [0.15, 0.2) is 0 Å². The molecule has 23 heavy (non-hydrogen) atoms. The summed E-state index contributed by atoms with van der Waals surface area (Å²) in [5, 5.41) is 0. The van der Waals surface area contributed by atoms with E-state index in [1.165, 1.54) is 53.5 Å². The minimum absolute atomic E-state index is 0. The van der Waals surface area contributed by atoms with Gasteiger partial charge in [0.25, 0.3) is 0 Å². The normalized spacial score (nSPS) is 20.5. The molecule has 1 aliphatic rings. The third kappa shape index (κ3) is 15.0. The van der Waals surface area contributed by atoms with Gasteiger partial charge in [-0.3, -0.25) is 0 Å². The van der Waals surface area contributed by atoms with Crippen LogP contribution in [0.25, 0.3) is 0 Å². The average Bonchev–Trinajstić information content (AvgIpc) is 2.39. The molecule has 1 rings (SSSR count). The smallest absolute Gasteiger partial charge is 0.0229 e. The number of rotatable bonds is 7. The molecule has 0 amide bonds. The van der Waals surface area contributed by atoms with Crippen molar-refractivity contribution in [3.63, 3.8) is 0 Å². The van der Waals surface area contributed by atoms with Crippen LogP contribution in [0.5, 0.6) is 0 Å². The van der Waals surface area contributed by atoms with Crippen molar-refractivity contribution in [2.24, 2.45) is 5.41 Å². The molecule has 0 bridgehead atoms. The molecule has 0 aromatic rings. The van der Waals surface area contributed by atoms with Crippen molar-refractivity contribution in [2.45, 2.75) is 110 Å². The standard InChI is InChI=1S/C15H31P.C3H8P.2ClH.Ti/c1-5-9-15(10-6-2)11-7-8-14(12-15)16-13(3)4;1-3(2)4;;;/h13-14,16H,5-12H2,1-4H3;3-4H,1-2H3;2*1H;/q;-1;;;+3/p-2. The molecule has 1 saturated carbocycles. The molecule has 139 valence electrons. The van der Waals surface area contributed by atoms with E-state index >= 15 is 0 Å². The summed E-state index contributed by atoms with van der Waals surface area (Å²) >= 11 is 2.23. The van der Waals surface area contributed by atoms with Gasteiger partial charge in [0.05, 0.1) is 0 Å². The van der Waals surface area contributed by atoms with Crippen LogP contribution in [-0.4, -0.2) is 17.0 Å². The quantitative estimate of drug-likeness (QED) is 0.415. The second-order valence-electron chi connectivity index (χ2n) is 7.41. The molecule has 0 nitrogen and oxygen atoms in total. The summed E-state index contributed by atoms with van der Waals surface area (Å²) < 4.78 is 0. The molecule has 0 radical (unpaired) electrons. The predicted octanol–water partition coefficient (Wildman–Crippen LogP) is 1.15. The first-order chi connectivity index (χ1) is 9.89. The molecule has 3 unspecified atom stereocenters. The van der Waals surface area contributed by atoms with Crippen LogP contribution in [0.15, 0.2) is 0 Å². The van der Waals surface area contributed by atoms with Gasteiger partial charge in [0.1, 0.15) is 0 Å². The van der Waals surface area contributed by atoms with Crippen LogP contribution >= 0.6 is 15.2 Å². The summed E-state index contributed by atoms with van der Waals surface area (Å²) in [6.45, 7) is 15.1. The van der Waals surface area contributed by atoms with Gasteiger partial charge in [-0.1, -0.05) is 47.0 Å². The van der Waals surface area contributed by atoms with E-state index in [0.29, 0.717) is 0 Å². The average molecular weight is 436 g/mol. The van der Waals surface area contributed by atoms with Gasteiger partial charge in [-0.2, -0.15) is 0 Å². The zero-order chi connectivity index (χ0) is 16.3. The second-order valence-corrected chi connectivity index (χ2v) is 12.5. The van der Waals surface area contributed by atoms with E-state index in [2.05, 4.69) is 61.5 Å². The van der Waals surface area contributed by atoms with Crippen LogP contribution in [0.1, 0.15) is 92.9 Å². The Balaban J connectivity index is -0.000000502. The van der Waals surface area contributed by atoms with E-state index in [4.69, 9.17) is 0 Å². The Labute approximate surface area is 174 Å². The second kappa shape index (κ2) is 17.6. The summed E-state index contributed by atoms with van der Waals surface area (Å²) in [6.07, 6.45) is 11.8. The summed E-state index contributed by atoms with van der Waals surface area (Å²) in [7, 11) is 1.21. The Morgan fingerprint density at radius 2 is 1.48 bits per heavy atom. The van der Waals surface area contributed by atoms with Crippen molar-refractivity contribution in [2.75, 3.05) is 0 Å². The molecule has 1 aliphatic carbocycles. The zero-order valence-corrected chi connectivity index (χ0v) is 21.2. The molecule has 0 aromatic carbocycles. The SMILES string of the molecule is CC(C)[PH][Ti+2].CCCC1(CCC)CCCC(PC(C)C)C1.[Cl-].[Cl-]. The maximum atomic E-state index is 2.40. The fraction of sp³-hybridized carbons (Fsp3) is 1.00. The maximum Gasteiger partial charge on any atom is -0.0229 e. The predicted molar refractivity (Wildman–Crippen MR) is 101 cm³/mol. The first kappa shape index (κ1) is 29.9. The molecule has 0 saturated heterocycles. The van der Waals surface area contributed by atoms with Crippen molar-refractivity contribution < 1.29 is 44.7 Å². The maximum absolute atomic E-state index is 2.40. The van der Waals surface area contributed by atoms with Gasteiger partial charge >= 0.3 is 46.0 Å². The van der Waals surface area contributed by atoms with E-state index < -0.39 is 0 Å². The fourth-order valence-corrected chi connectivity index (χ4v) is 5.57. The fourth-order valence-electron chi connectivity index (χ4n) is 3.70. The first-order valence-corrected chi connectivity index (χ1v) is 13.6. The monoisotopic (exact) mass is 435 g/mol. The number of hydrogen-bond acceptors (Lipinski definition) is 0. The Morgan fingerprint density at radius 3 is 1.83 bits per heavy atom. The van der Waals surface area contributed by atoms with Gasteiger partial charge in [-0.15, -0.1) is 8.58 Å². The minimum atomic E-state index is 0. The van der Waals surface area contributed by atoms with Gasteiger partial charge in [-0.05, 0) is 48.8 Å². The Kier molecular flexibility index (Phi) is 22.8. The Hall–Kier alpha value is 2.15. The molecule has 0 N–H and O–H groups in total. The van der Waals surface area contributed by atoms with Crippen molar-refractivity contribution in [3.05, 3.63) is 0 Å². The zero-order valence-electron chi connectivity index (χ0n) is 16.1. The largest absolute Gasteiger partial charge is 1.00 e. The molecule has 5 heteroatoms. The van der Waals surface area contributed by atoms with Crippen molar-refractivity contribution in [3.8, 4) is 0 Å². The molecule has 0 heterocycles. The van der Waals surface area contributed by atoms with E-state index in [-0.39, 0.29) is 24.8 Å². The summed E-state index contributed by atoms with van der Waals surface area (Å²) in [4.78, 5) is 0.